The van der Waals surface area contributed by atoms with E-state index in [1.54, 1.807) is 6.92 Å². The monoisotopic (exact) mass is 249 g/mol. The van der Waals surface area contributed by atoms with E-state index >= 15 is 0 Å². The van der Waals surface area contributed by atoms with E-state index < -0.39 is 11.5 Å². The van der Waals surface area contributed by atoms with Gasteiger partial charge in [0.25, 0.3) is 0 Å². The molecule has 0 saturated heterocycles. The van der Waals surface area contributed by atoms with Crippen LogP contribution in [0.4, 0.5) is 0 Å². The number of carboxylic acid groups (broad SMARTS) is 1. The van der Waals surface area contributed by atoms with Crippen LogP contribution in [0.15, 0.2) is 24.3 Å². The van der Waals surface area contributed by atoms with Gasteiger partial charge in [-0.05, 0) is 39.8 Å². The second kappa shape index (κ2) is 5.53. The maximum Gasteiger partial charge on any atom is 0.328 e. The number of likely N-dealkylation sites (N-methyl/N-ethyl adjacent to an activating group) is 1. The fraction of sp³-hybridized carbons (Fsp3) is 0.533. The van der Waals surface area contributed by atoms with Gasteiger partial charge in [-0.2, -0.15) is 0 Å². The van der Waals surface area contributed by atoms with Gasteiger partial charge in [-0.25, -0.2) is 4.79 Å². The normalized spacial score (nSPS) is 16.3. The van der Waals surface area contributed by atoms with E-state index in [-0.39, 0.29) is 6.04 Å². The summed E-state index contributed by atoms with van der Waals surface area (Å²) in [7, 11) is 1.88. The first-order valence-corrected chi connectivity index (χ1v) is 6.37. The average molecular weight is 249 g/mol. The molecule has 0 aliphatic rings. The third-order valence-corrected chi connectivity index (χ3v) is 3.99. The maximum atomic E-state index is 11.7. The minimum absolute atomic E-state index is 0.215. The van der Waals surface area contributed by atoms with Crippen molar-refractivity contribution >= 4 is 5.97 Å². The zero-order chi connectivity index (χ0) is 13.9. The lowest BCUT2D eigenvalue weighted by Crippen LogP contribution is -2.51. The number of carbonyl (C=O) groups is 1. The Morgan fingerprint density at radius 2 is 1.89 bits per heavy atom. The number of nitrogens with zero attached hydrogens (tertiary/aromatic N) is 1. The summed E-state index contributed by atoms with van der Waals surface area (Å²) in [6.45, 7) is 7.89. The fourth-order valence-electron chi connectivity index (χ4n) is 2.07. The molecule has 100 valence electrons. The van der Waals surface area contributed by atoms with Crippen molar-refractivity contribution in [1.29, 1.82) is 0 Å². The van der Waals surface area contributed by atoms with Gasteiger partial charge in [0.2, 0.25) is 0 Å². The average Bonchev–Trinajstić information content (AvgIpc) is 2.36. The molecule has 3 heteroatoms. The summed E-state index contributed by atoms with van der Waals surface area (Å²) in [4.78, 5) is 13.7. The minimum atomic E-state index is -0.983. The summed E-state index contributed by atoms with van der Waals surface area (Å²) < 4.78 is 0. The molecule has 0 spiro atoms. The Bertz CT molecular complexity index is 413. The SMILES string of the molecule is CCC(C)N(C)C(C)(C(=O)O)c1ccc(C)cc1. The first kappa shape index (κ1) is 14.7. The van der Waals surface area contributed by atoms with Crippen LogP contribution in [0.5, 0.6) is 0 Å². The van der Waals surface area contributed by atoms with Crippen LogP contribution in [0.3, 0.4) is 0 Å². The third-order valence-electron chi connectivity index (χ3n) is 3.99. The van der Waals surface area contributed by atoms with Crippen molar-refractivity contribution in [1.82, 2.24) is 4.90 Å². The lowest BCUT2D eigenvalue weighted by atomic mass is 9.88. The molecule has 1 aromatic rings. The van der Waals surface area contributed by atoms with Gasteiger partial charge in [-0.3, -0.25) is 4.90 Å². The second-order valence-electron chi connectivity index (χ2n) is 5.11. The molecule has 0 amide bonds. The predicted octanol–water partition coefficient (Wildman–Crippen LogP) is 3.03. The Kier molecular flexibility index (Phi) is 4.52. The van der Waals surface area contributed by atoms with E-state index in [0.29, 0.717) is 0 Å². The smallest absolute Gasteiger partial charge is 0.328 e. The second-order valence-corrected chi connectivity index (χ2v) is 5.11. The van der Waals surface area contributed by atoms with Crippen molar-refractivity contribution in [2.75, 3.05) is 7.05 Å². The summed E-state index contributed by atoms with van der Waals surface area (Å²) in [5, 5.41) is 9.63. The van der Waals surface area contributed by atoms with Crippen LogP contribution in [-0.2, 0) is 10.3 Å². The van der Waals surface area contributed by atoms with Crippen LogP contribution >= 0.6 is 0 Å². The van der Waals surface area contributed by atoms with Crippen molar-refractivity contribution in [3.63, 3.8) is 0 Å². The highest BCUT2D eigenvalue weighted by molar-refractivity contribution is 5.80. The van der Waals surface area contributed by atoms with Gasteiger partial charge < -0.3 is 5.11 Å². The highest BCUT2D eigenvalue weighted by atomic mass is 16.4. The molecular formula is C15H23NO2. The molecule has 0 bridgehead atoms. The van der Waals surface area contributed by atoms with Crippen molar-refractivity contribution < 1.29 is 9.90 Å². The number of aryl methyl sites for hydroxylation is 1. The van der Waals surface area contributed by atoms with Crippen molar-refractivity contribution in [3.05, 3.63) is 35.4 Å². The van der Waals surface area contributed by atoms with Gasteiger partial charge in [-0.15, -0.1) is 0 Å². The lowest BCUT2D eigenvalue weighted by Gasteiger charge is -2.39. The summed E-state index contributed by atoms with van der Waals surface area (Å²) in [6, 6.07) is 7.94. The Morgan fingerprint density at radius 3 is 2.28 bits per heavy atom. The Hall–Kier alpha value is -1.35. The third kappa shape index (κ3) is 2.56. The van der Waals surface area contributed by atoms with Gasteiger partial charge in [0.15, 0.2) is 0 Å². The number of hydrogen-bond donors (Lipinski definition) is 1. The number of rotatable bonds is 5. The molecule has 0 saturated carbocycles. The summed E-state index contributed by atoms with van der Waals surface area (Å²) in [6.07, 6.45) is 0.922. The van der Waals surface area contributed by atoms with Gasteiger partial charge in [0.1, 0.15) is 5.54 Å². The molecular weight excluding hydrogens is 226 g/mol. The van der Waals surface area contributed by atoms with Crippen LogP contribution in [0, 0.1) is 6.92 Å². The van der Waals surface area contributed by atoms with Crippen LogP contribution in [0.1, 0.15) is 38.3 Å². The molecule has 3 nitrogen and oxygen atoms in total. The molecule has 0 aromatic heterocycles. The number of benzene rings is 1. The Morgan fingerprint density at radius 1 is 1.39 bits per heavy atom. The van der Waals surface area contributed by atoms with Crippen LogP contribution in [0.25, 0.3) is 0 Å². The van der Waals surface area contributed by atoms with E-state index in [1.807, 2.05) is 43.1 Å². The first-order valence-electron chi connectivity index (χ1n) is 6.37. The van der Waals surface area contributed by atoms with E-state index in [4.69, 9.17) is 0 Å². The largest absolute Gasteiger partial charge is 0.480 e. The molecule has 2 unspecified atom stereocenters. The first-order chi connectivity index (χ1) is 8.33. The van der Waals surface area contributed by atoms with Crippen molar-refractivity contribution in [3.8, 4) is 0 Å². The molecule has 1 rings (SSSR count). The molecule has 0 aliphatic heterocycles. The summed E-state index contributed by atoms with van der Waals surface area (Å²) in [5.74, 6) is -0.811. The zero-order valence-corrected chi connectivity index (χ0v) is 11.9. The standard InChI is InChI=1S/C15H23NO2/c1-6-12(3)16(5)15(4,14(17)18)13-9-7-11(2)8-10-13/h7-10,12H,6H2,1-5H3,(H,17,18). The fourth-order valence-corrected chi connectivity index (χ4v) is 2.07. The molecule has 1 aromatic carbocycles. The van der Waals surface area contributed by atoms with E-state index in [2.05, 4.69) is 13.8 Å². The summed E-state index contributed by atoms with van der Waals surface area (Å²) >= 11 is 0. The molecule has 0 fully saturated rings. The highest BCUT2D eigenvalue weighted by Gasteiger charge is 2.40. The van der Waals surface area contributed by atoms with E-state index in [1.165, 1.54) is 0 Å². The molecule has 0 aliphatic carbocycles. The van der Waals surface area contributed by atoms with Gasteiger partial charge in [0, 0.05) is 6.04 Å². The van der Waals surface area contributed by atoms with Crippen molar-refractivity contribution in [2.45, 2.75) is 45.7 Å². The van der Waals surface area contributed by atoms with Gasteiger partial charge in [0.05, 0.1) is 0 Å². The Balaban J connectivity index is 3.23. The van der Waals surface area contributed by atoms with E-state index in [9.17, 15) is 9.90 Å². The van der Waals surface area contributed by atoms with Gasteiger partial charge >= 0.3 is 5.97 Å². The number of carboxylic acids is 1. The van der Waals surface area contributed by atoms with Crippen LogP contribution < -0.4 is 0 Å². The van der Waals surface area contributed by atoms with Crippen LogP contribution in [-0.4, -0.2) is 29.1 Å². The highest BCUT2D eigenvalue weighted by Crippen LogP contribution is 2.30. The quantitative estimate of drug-likeness (QED) is 0.872. The molecule has 18 heavy (non-hydrogen) atoms. The molecule has 1 N–H and O–H groups in total. The zero-order valence-electron chi connectivity index (χ0n) is 11.9. The molecule has 0 radical (unpaired) electrons. The minimum Gasteiger partial charge on any atom is -0.480 e. The Labute approximate surface area is 109 Å². The summed E-state index contributed by atoms with van der Waals surface area (Å²) in [5.41, 5.74) is 0.976. The van der Waals surface area contributed by atoms with E-state index in [0.717, 1.165) is 17.5 Å². The molecule has 0 heterocycles. The lowest BCUT2D eigenvalue weighted by molar-refractivity contribution is -0.151. The topological polar surface area (TPSA) is 40.5 Å². The van der Waals surface area contributed by atoms with Crippen LogP contribution in [0.2, 0.25) is 0 Å². The molecule has 2 atom stereocenters. The van der Waals surface area contributed by atoms with Crippen molar-refractivity contribution in [2.24, 2.45) is 0 Å². The number of aliphatic carboxylic acids is 1. The number of hydrogen-bond acceptors (Lipinski definition) is 2. The predicted molar refractivity (Wildman–Crippen MR) is 73.7 cm³/mol. The van der Waals surface area contributed by atoms with Gasteiger partial charge in [-0.1, -0.05) is 36.8 Å². The maximum absolute atomic E-state index is 11.7.